The summed E-state index contributed by atoms with van der Waals surface area (Å²) < 4.78 is 0. The SMILES string of the molecule is O=C1[C@H]2[C@@H]3C=C[C@H]([C@@H]4C[C@H]34)[C@@H]2C(=O)N1c1ccccc1[N+](=O)[O-]. The molecule has 4 aliphatic carbocycles. The number of amides is 2. The molecule has 6 rings (SSSR count). The molecule has 6 heteroatoms. The van der Waals surface area contributed by atoms with Gasteiger partial charge < -0.3 is 0 Å². The second-order valence-electron chi connectivity index (χ2n) is 6.91. The van der Waals surface area contributed by atoms with Crippen LogP contribution >= 0.6 is 0 Å². The first kappa shape index (κ1) is 13.0. The largest absolute Gasteiger partial charge is 0.293 e. The number of anilines is 1. The summed E-state index contributed by atoms with van der Waals surface area (Å²) in [5, 5.41) is 11.3. The molecule has 5 aliphatic rings. The van der Waals surface area contributed by atoms with Gasteiger partial charge in [0.2, 0.25) is 11.8 Å². The van der Waals surface area contributed by atoms with Gasteiger partial charge in [-0.2, -0.15) is 0 Å². The maximum absolute atomic E-state index is 12.9. The van der Waals surface area contributed by atoms with Crippen LogP contribution in [0.25, 0.3) is 0 Å². The van der Waals surface area contributed by atoms with E-state index in [1.807, 2.05) is 0 Å². The van der Waals surface area contributed by atoms with Gasteiger partial charge >= 0.3 is 0 Å². The molecular weight excluding hydrogens is 296 g/mol. The predicted octanol–water partition coefficient (Wildman–Crippen LogP) is 2.15. The highest BCUT2D eigenvalue weighted by molar-refractivity contribution is 6.23. The van der Waals surface area contributed by atoms with Crippen molar-refractivity contribution < 1.29 is 14.5 Å². The molecule has 116 valence electrons. The zero-order chi connectivity index (χ0) is 15.9. The zero-order valence-electron chi connectivity index (χ0n) is 12.2. The van der Waals surface area contributed by atoms with Crippen LogP contribution in [0.15, 0.2) is 36.4 Å². The van der Waals surface area contributed by atoms with Crippen molar-refractivity contribution in [3.63, 3.8) is 0 Å². The van der Waals surface area contributed by atoms with Crippen molar-refractivity contribution in [1.29, 1.82) is 0 Å². The average Bonchev–Trinajstić information content (AvgIpc) is 3.32. The van der Waals surface area contributed by atoms with Gasteiger partial charge in [-0.15, -0.1) is 0 Å². The fourth-order valence-corrected chi connectivity index (χ4v) is 5.00. The highest BCUT2D eigenvalue weighted by Gasteiger charge is 2.67. The Hall–Kier alpha value is -2.50. The fourth-order valence-electron chi connectivity index (χ4n) is 5.00. The van der Waals surface area contributed by atoms with Crippen LogP contribution in [0, 0.1) is 45.6 Å². The Bertz CT molecular complexity index is 766. The first-order valence-electron chi connectivity index (χ1n) is 7.89. The molecule has 3 fully saturated rings. The summed E-state index contributed by atoms with van der Waals surface area (Å²) in [5.74, 6) is 0.0981. The molecular formula is C17H14N2O4. The molecule has 0 spiro atoms. The number of carbonyl (C=O) groups is 2. The summed E-state index contributed by atoms with van der Waals surface area (Å²) in [6.45, 7) is 0. The van der Waals surface area contributed by atoms with Crippen molar-refractivity contribution in [2.75, 3.05) is 4.90 Å². The fraction of sp³-hybridized carbons (Fsp3) is 0.412. The van der Waals surface area contributed by atoms with Crippen molar-refractivity contribution in [3.05, 3.63) is 46.5 Å². The zero-order valence-corrected chi connectivity index (χ0v) is 12.2. The van der Waals surface area contributed by atoms with Gasteiger partial charge in [0.25, 0.3) is 5.69 Å². The van der Waals surface area contributed by atoms with Crippen LogP contribution in [-0.2, 0) is 9.59 Å². The van der Waals surface area contributed by atoms with Crippen LogP contribution in [0.3, 0.4) is 0 Å². The molecule has 23 heavy (non-hydrogen) atoms. The topological polar surface area (TPSA) is 80.5 Å². The number of allylic oxidation sites excluding steroid dienone is 2. The van der Waals surface area contributed by atoms with Gasteiger partial charge in [-0.25, -0.2) is 4.90 Å². The number of hydrogen-bond acceptors (Lipinski definition) is 4. The molecule has 2 bridgehead atoms. The Balaban J connectivity index is 1.61. The van der Waals surface area contributed by atoms with Crippen LogP contribution < -0.4 is 4.90 Å². The predicted molar refractivity (Wildman–Crippen MR) is 80.3 cm³/mol. The molecule has 1 aliphatic heterocycles. The number of nitrogens with zero attached hydrogens (tertiary/aromatic N) is 2. The van der Waals surface area contributed by atoms with E-state index >= 15 is 0 Å². The van der Waals surface area contributed by atoms with Gasteiger partial charge in [0.1, 0.15) is 5.69 Å². The second kappa shape index (κ2) is 4.07. The van der Waals surface area contributed by atoms with Gasteiger partial charge in [0, 0.05) is 6.07 Å². The van der Waals surface area contributed by atoms with Gasteiger partial charge in [-0.05, 0) is 36.2 Å². The lowest BCUT2D eigenvalue weighted by Gasteiger charge is -2.37. The summed E-state index contributed by atoms with van der Waals surface area (Å²) in [6, 6.07) is 5.98. The normalized spacial score (nSPS) is 39.4. The summed E-state index contributed by atoms with van der Waals surface area (Å²) >= 11 is 0. The standard InChI is InChI=1S/C17H14N2O4/c20-16-14-8-5-6-9(11-7-10(8)11)15(14)17(21)18(16)12-3-1-2-4-13(12)19(22)23/h1-6,8-11,14-15H,7H2/t8-,9-,10-,11+,14+,15+/m1/s1. The van der Waals surface area contributed by atoms with E-state index in [0.717, 1.165) is 11.3 Å². The van der Waals surface area contributed by atoms with Crippen LogP contribution in [-0.4, -0.2) is 16.7 Å². The molecule has 0 unspecified atom stereocenters. The van der Waals surface area contributed by atoms with E-state index in [-0.39, 0.29) is 46.9 Å². The molecule has 0 aromatic heterocycles. The van der Waals surface area contributed by atoms with E-state index in [4.69, 9.17) is 0 Å². The van der Waals surface area contributed by atoms with Crippen LogP contribution in [0.1, 0.15) is 6.42 Å². The van der Waals surface area contributed by atoms with Crippen LogP contribution in [0.2, 0.25) is 0 Å². The van der Waals surface area contributed by atoms with E-state index < -0.39 is 4.92 Å². The van der Waals surface area contributed by atoms with Crippen molar-refractivity contribution in [2.45, 2.75) is 6.42 Å². The molecule has 1 aromatic carbocycles. The van der Waals surface area contributed by atoms with Gasteiger partial charge in [0.15, 0.2) is 0 Å². The maximum Gasteiger partial charge on any atom is 0.293 e. The number of nitro groups is 1. The van der Waals surface area contributed by atoms with Crippen LogP contribution in [0.5, 0.6) is 0 Å². The Labute approximate surface area is 131 Å². The van der Waals surface area contributed by atoms with Crippen molar-refractivity contribution in [2.24, 2.45) is 35.5 Å². The molecule has 2 amide bonds. The minimum absolute atomic E-state index is 0.106. The number of imide groups is 1. The molecule has 1 saturated heterocycles. The quantitative estimate of drug-likeness (QED) is 0.363. The molecule has 0 N–H and O–H groups in total. The Morgan fingerprint density at radius 1 is 1.00 bits per heavy atom. The number of nitro benzene ring substituents is 1. The average molecular weight is 310 g/mol. The van der Waals surface area contributed by atoms with E-state index in [1.165, 1.54) is 12.1 Å². The number of benzene rings is 1. The maximum atomic E-state index is 12.9. The van der Waals surface area contributed by atoms with E-state index in [9.17, 15) is 19.7 Å². The number of hydrogen-bond donors (Lipinski definition) is 0. The lowest BCUT2D eigenvalue weighted by Crippen LogP contribution is -2.40. The molecule has 6 atom stereocenters. The third kappa shape index (κ3) is 1.48. The van der Waals surface area contributed by atoms with Crippen molar-refractivity contribution in [3.8, 4) is 0 Å². The second-order valence-corrected chi connectivity index (χ2v) is 6.91. The highest BCUT2D eigenvalue weighted by atomic mass is 16.6. The molecule has 1 heterocycles. The lowest BCUT2D eigenvalue weighted by atomic mass is 9.63. The minimum Gasteiger partial charge on any atom is -0.274 e. The minimum atomic E-state index is -0.539. The van der Waals surface area contributed by atoms with Crippen molar-refractivity contribution in [1.82, 2.24) is 0 Å². The Kier molecular flexibility index (Phi) is 2.30. The summed E-state index contributed by atoms with van der Waals surface area (Å²) in [5.41, 5.74) is -0.0896. The number of carbonyl (C=O) groups excluding carboxylic acids is 2. The summed E-state index contributed by atoms with van der Waals surface area (Å²) in [6.07, 6.45) is 5.28. The number of rotatable bonds is 2. The molecule has 2 saturated carbocycles. The summed E-state index contributed by atoms with van der Waals surface area (Å²) in [4.78, 5) is 37.6. The van der Waals surface area contributed by atoms with Gasteiger partial charge in [-0.1, -0.05) is 24.3 Å². The number of para-hydroxylation sites is 2. The first-order chi connectivity index (χ1) is 11.1. The monoisotopic (exact) mass is 310 g/mol. The van der Waals surface area contributed by atoms with Crippen molar-refractivity contribution >= 4 is 23.2 Å². The van der Waals surface area contributed by atoms with E-state index in [0.29, 0.717) is 11.8 Å². The molecule has 6 nitrogen and oxygen atoms in total. The lowest BCUT2D eigenvalue weighted by molar-refractivity contribution is -0.384. The van der Waals surface area contributed by atoms with Crippen LogP contribution in [0.4, 0.5) is 11.4 Å². The summed E-state index contributed by atoms with van der Waals surface area (Å²) in [7, 11) is 0. The Morgan fingerprint density at radius 2 is 1.57 bits per heavy atom. The first-order valence-corrected chi connectivity index (χ1v) is 7.89. The highest BCUT2D eigenvalue weighted by Crippen LogP contribution is 2.65. The van der Waals surface area contributed by atoms with Gasteiger partial charge in [-0.3, -0.25) is 19.7 Å². The third-order valence-electron chi connectivity index (χ3n) is 5.98. The molecule has 1 aromatic rings. The van der Waals surface area contributed by atoms with E-state index in [1.54, 1.807) is 12.1 Å². The Morgan fingerprint density at radius 3 is 2.13 bits per heavy atom. The third-order valence-corrected chi connectivity index (χ3v) is 5.98. The van der Waals surface area contributed by atoms with Gasteiger partial charge in [0.05, 0.1) is 16.8 Å². The smallest absolute Gasteiger partial charge is 0.274 e. The molecule has 0 radical (unpaired) electrons. The van der Waals surface area contributed by atoms with E-state index in [2.05, 4.69) is 12.2 Å².